The molecular weight excluding hydrogens is 294 g/mol. The lowest BCUT2D eigenvalue weighted by molar-refractivity contribution is 0.0526. The van der Waals surface area contributed by atoms with E-state index < -0.39 is 11.7 Å². The molecule has 1 amide bonds. The second kappa shape index (κ2) is 8.77. The summed E-state index contributed by atoms with van der Waals surface area (Å²) in [4.78, 5) is 11.6. The Morgan fingerprint density at radius 3 is 2.52 bits per heavy atom. The number of ether oxygens (including phenoxy) is 2. The van der Waals surface area contributed by atoms with Crippen molar-refractivity contribution >= 4 is 6.09 Å². The maximum absolute atomic E-state index is 11.6. The van der Waals surface area contributed by atoms with Crippen LogP contribution in [-0.2, 0) is 4.74 Å². The van der Waals surface area contributed by atoms with E-state index in [2.05, 4.69) is 12.2 Å². The van der Waals surface area contributed by atoms with Crippen LogP contribution in [0.2, 0.25) is 0 Å². The number of hydrogen-bond donors (Lipinski definition) is 2. The first-order chi connectivity index (χ1) is 10.7. The van der Waals surface area contributed by atoms with Crippen LogP contribution in [0.4, 0.5) is 4.79 Å². The molecule has 2 N–H and O–H groups in total. The molecule has 0 spiro atoms. The quantitative estimate of drug-likeness (QED) is 0.806. The summed E-state index contributed by atoms with van der Waals surface area (Å²) in [5, 5.41) is 11.9. The highest BCUT2D eigenvalue weighted by molar-refractivity contribution is 5.67. The van der Waals surface area contributed by atoms with E-state index in [9.17, 15) is 4.79 Å². The molecule has 0 aliphatic heterocycles. The number of carbonyl (C=O) groups is 1. The predicted octanol–water partition coefficient (Wildman–Crippen LogP) is 3.46. The van der Waals surface area contributed by atoms with Gasteiger partial charge in [-0.2, -0.15) is 0 Å². The number of rotatable bonds is 7. The van der Waals surface area contributed by atoms with Gasteiger partial charge in [0, 0.05) is 6.54 Å². The third kappa shape index (κ3) is 7.37. The second-order valence-corrected chi connectivity index (χ2v) is 6.77. The molecule has 0 fully saturated rings. The average molecular weight is 323 g/mol. The number of nitrogens with one attached hydrogen (secondary N) is 1. The first-order valence-electron chi connectivity index (χ1n) is 8.06. The highest BCUT2D eigenvalue weighted by atomic mass is 16.6. The Morgan fingerprint density at radius 2 is 1.91 bits per heavy atom. The van der Waals surface area contributed by atoms with Gasteiger partial charge in [0.1, 0.15) is 17.5 Å². The van der Waals surface area contributed by atoms with Crippen molar-refractivity contribution in [1.82, 2.24) is 5.32 Å². The molecule has 5 nitrogen and oxygen atoms in total. The first kappa shape index (κ1) is 19.3. The highest BCUT2D eigenvalue weighted by Gasteiger charge is 2.17. The van der Waals surface area contributed by atoms with Crippen molar-refractivity contribution in [3.8, 4) is 5.75 Å². The van der Waals surface area contributed by atoms with Gasteiger partial charge in [-0.15, -0.1) is 0 Å². The van der Waals surface area contributed by atoms with Gasteiger partial charge >= 0.3 is 6.09 Å². The molecule has 130 valence electrons. The van der Waals surface area contributed by atoms with Crippen LogP contribution in [0.15, 0.2) is 24.3 Å². The third-order valence-electron chi connectivity index (χ3n) is 3.28. The lowest BCUT2D eigenvalue weighted by Gasteiger charge is -2.21. The molecule has 0 bridgehead atoms. The fourth-order valence-corrected chi connectivity index (χ4v) is 2.11. The summed E-state index contributed by atoms with van der Waals surface area (Å²) in [5.41, 5.74) is 0.579. The van der Waals surface area contributed by atoms with E-state index >= 15 is 0 Å². The Hall–Kier alpha value is -1.75. The average Bonchev–Trinajstić information content (AvgIpc) is 2.45. The van der Waals surface area contributed by atoms with Crippen LogP contribution in [0, 0.1) is 0 Å². The molecule has 2 atom stereocenters. The third-order valence-corrected chi connectivity index (χ3v) is 3.28. The first-order valence-corrected chi connectivity index (χ1v) is 8.06. The van der Waals surface area contributed by atoms with Gasteiger partial charge in [-0.1, -0.05) is 25.1 Å². The lowest BCUT2D eigenvalue weighted by Crippen LogP contribution is -2.33. The Labute approximate surface area is 139 Å². The van der Waals surface area contributed by atoms with E-state index in [1.165, 1.54) is 0 Å². The van der Waals surface area contributed by atoms with Crippen molar-refractivity contribution in [3.63, 3.8) is 0 Å². The molecule has 1 aromatic rings. The van der Waals surface area contributed by atoms with Crippen molar-refractivity contribution in [1.29, 1.82) is 0 Å². The van der Waals surface area contributed by atoms with Crippen LogP contribution >= 0.6 is 0 Å². The van der Waals surface area contributed by atoms with Gasteiger partial charge in [0.25, 0.3) is 0 Å². The lowest BCUT2D eigenvalue weighted by atomic mass is 9.97. The van der Waals surface area contributed by atoms with Gasteiger partial charge in [-0.3, -0.25) is 0 Å². The Morgan fingerprint density at radius 1 is 1.26 bits per heavy atom. The summed E-state index contributed by atoms with van der Waals surface area (Å²) in [6, 6.07) is 7.79. The molecule has 0 aliphatic rings. The smallest absolute Gasteiger partial charge is 0.407 e. The minimum atomic E-state index is -0.490. The van der Waals surface area contributed by atoms with Crippen LogP contribution < -0.4 is 10.1 Å². The van der Waals surface area contributed by atoms with E-state index in [4.69, 9.17) is 14.6 Å². The predicted molar refractivity (Wildman–Crippen MR) is 90.9 cm³/mol. The molecule has 5 heteroatoms. The number of benzene rings is 1. The molecule has 0 heterocycles. The highest BCUT2D eigenvalue weighted by Crippen LogP contribution is 2.29. The Balaban J connectivity index is 2.55. The zero-order valence-electron chi connectivity index (χ0n) is 14.8. The summed E-state index contributed by atoms with van der Waals surface area (Å²) in [7, 11) is 0. The molecule has 0 aliphatic carbocycles. The monoisotopic (exact) mass is 323 g/mol. The molecule has 0 saturated heterocycles. The second-order valence-electron chi connectivity index (χ2n) is 6.77. The van der Waals surface area contributed by atoms with Crippen molar-refractivity contribution < 1.29 is 19.4 Å². The van der Waals surface area contributed by atoms with Crippen LogP contribution in [0.25, 0.3) is 0 Å². The SMILES string of the molecule is CC(CCNC(=O)OC(C)(C)C)c1ccccc1O[C@H](C)CO. The minimum absolute atomic E-state index is 0.0249. The van der Waals surface area contributed by atoms with E-state index in [1.54, 1.807) is 0 Å². The maximum atomic E-state index is 11.6. The van der Waals surface area contributed by atoms with Gasteiger partial charge < -0.3 is 19.9 Å². The van der Waals surface area contributed by atoms with E-state index in [0.717, 1.165) is 17.7 Å². The summed E-state index contributed by atoms with van der Waals surface area (Å²) < 4.78 is 11.0. The zero-order valence-corrected chi connectivity index (χ0v) is 14.8. The minimum Gasteiger partial charge on any atom is -0.488 e. The van der Waals surface area contributed by atoms with Gasteiger partial charge in [0.05, 0.1) is 6.61 Å². The van der Waals surface area contributed by atoms with E-state index in [0.29, 0.717) is 6.54 Å². The maximum Gasteiger partial charge on any atom is 0.407 e. The number of aliphatic hydroxyl groups excluding tert-OH is 1. The molecule has 0 saturated carbocycles. The van der Waals surface area contributed by atoms with Crippen molar-refractivity contribution in [2.24, 2.45) is 0 Å². The number of carbonyl (C=O) groups excluding carboxylic acids is 1. The molecule has 23 heavy (non-hydrogen) atoms. The number of para-hydroxylation sites is 1. The van der Waals surface area contributed by atoms with Crippen LogP contribution in [-0.4, -0.2) is 36.1 Å². The summed E-state index contributed by atoms with van der Waals surface area (Å²) >= 11 is 0. The van der Waals surface area contributed by atoms with Crippen molar-refractivity contribution in [2.45, 2.75) is 58.7 Å². The van der Waals surface area contributed by atoms with E-state index in [1.807, 2.05) is 52.0 Å². The van der Waals surface area contributed by atoms with Gasteiger partial charge in [-0.05, 0) is 51.7 Å². The number of alkyl carbamates (subject to hydrolysis) is 1. The number of aliphatic hydroxyl groups is 1. The molecule has 1 rings (SSSR count). The van der Waals surface area contributed by atoms with E-state index in [-0.39, 0.29) is 18.6 Å². The molecule has 0 aromatic heterocycles. The fourth-order valence-electron chi connectivity index (χ4n) is 2.11. The summed E-state index contributed by atoms with van der Waals surface area (Å²) in [6.07, 6.45) is 0.124. The summed E-state index contributed by atoms with van der Waals surface area (Å²) in [6.45, 7) is 9.93. The fraction of sp³-hybridized carbons (Fsp3) is 0.611. The molecule has 1 aromatic carbocycles. The van der Waals surface area contributed by atoms with Gasteiger partial charge in [0.15, 0.2) is 0 Å². The molecule has 1 unspecified atom stereocenters. The van der Waals surface area contributed by atoms with Gasteiger partial charge in [0.2, 0.25) is 0 Å². The zero-order chi connectivity index (χ0) is 17.5. The van der Waals surface area contributed by atoms with Crippen molar-refractivity contribution in [2.75, 3.05) is 13.2 Å². The van der Waals surface area contributed by atoms with Crippen LogP contribution in [0.5, 0.6) is 5.75 Å². The van der Waals surface area contributed by atoms with Crippen LogP contribution in [0.1, 0.15) is 52.5 Å². The topological polar surface area (TPSA) is 67.8 Å². The Bertz CT molecular complexity index is 496. The van der Waals surface area contributed by atoms with Crippen LogP contribution in [0.3, 0.4) is 0 Å². The van der Waals surface area contributed by atoms with Gasteiger partial charge in [-0.25, -0.2) is 4.79 Å². The standard InChI is InChI=1S/C18H29NO4/c1-13(10-11-19-17(21)23-18(3,4)5)15-8-6-7-9-16(15)22-14(2)12-20/h6-9,13-14,20H,10-12H2,1-5H3,(H,19,21)/t13?,14-/m1/s1. The number of amides is 1. The normalized spacial score (nSPS) is 14.0. The van der Waals surface area contributed by atoms with Crippen molar-refractivity contribution in [3.05, 3.63) is 29.8 Å². The Kier molecular flexibility index (Phi) is 7.36. The largest absolute Gasteiger partial charge is 0.488 e. The summed E-state index contributed by atoms with van der Waals surface area (Å²) in [5.74, 6) is 0.992. The number of hydrogen-bond acceptors (Lipinski definition) is 4. The molecule has 0 radical (unpaired) electrons. The molecular formula is C18H29NO4.